The topological polar surface area (TPSA) is 32.8 Å². The van der Waals surface area contributed by atoms with Gasteiger partial charge in [0.05, 0.1) is 0 Å². The molecule has 2 aromatic carbocycles. The Morgan fingerprint density at radius 3 is 2.59 bits per heavy atom. The van der Waals surface area contributed by atoms with Crippen molar-refractivity contribution in [2.75, 3.05) is 32.7 Å². The Morgan fingerprint density at radius 1 is 1.03 bits per heavy atom. The number of amides is 1. The molecule has 1 atom stereocenters. The highest BCUT2D eigenvalue weighted by molar-refractivity contribution is 5.76. The van der Waals surface area contributed by atoms with Crippen molar-refractivity contribution in [2.45, 2.75) is 45.4 Å². The van der Waals surface area contributed by atoms with Crippen LogP contribution in [0.4, 0.5) is 0 Å². The van der Waals surface area contributed by atoms with Gasteiger partial charge in [-0.05, 0) is 61.6 Å². The van der Waals surface area contributed by atoms with Gasteiger partial charge in [-0.2, -0.15) is 0 Å². The highest BCUT2D eigenvalue weighted by atomic mass is 16.5. The van der Waals surface area contributed by atoms with Crippen molar-refractivity contribution in [3.05, 3.63) is 60.2 Å². The van der Waals surface area contributed by atoms with Gasteiger partial charge in [-0.3, -0.25) is 4.79 Å². The minimum Gasteiger partial charge on any atom is -0.457 e. The lowest BCUT2D eigenvalue weighted by atomic mass is 10.00. The third-order valence-corrected chi connectivity index (χ3v) is 5.59. The van der Waals surface area contributed by atoms with Crippen LogP contribution in [-0.4, -0.2) is 48.4 Å². The maximum Gasteiger partial charge on any atom is 0.222 e. The van der Waals surface area contributed by atoms with Crippen LogP contribution in [0.3, 0.4) is 0 Å². The summed E-state index contributed by atoms with van der Waals surface area (Å²) >= 11 is 0. The summed E-state index contributed by atoms with van der Waals surface area (Å²) in [5.41, 5.74) is 1.29. The Morgan fingerprint density at radius 2 is 1.83 bits per heavy atom. The van der Waals surface area contributed by atoms with Crippen molar-refractivity contribution in [2.24, 2.45) is 0 Å². The van der Waals surface area contributed by atoms with Crippen LogP contribution in [0.5, 0.6) is 11.5 Å². The molecule has 1 unspecified atom stereocenters. The molecule has 0 N–H and O–H groups in total. The van der Waals surface area contributed by atoms with Crippen molar-refractivity contribution in [3.63, 3.8) is 0 Å². The van der Waals surface area contributed by atoms with Gasteiger partial charge in [0.2, 0.25) is 5.91 Å². The monoisotopic (exact) mass is 394 g/mol. The third-order valence-electron chi connectivity index (χ3n) is 5.59. The number of hydrogen-bond acceptors (Lipinski definition) is 3. The van der Waals surface area contributed by atoms with E-state index in [9.17, 15) is 4.79 Å². The van der Waals surface area contributed by atoms with Gasteiger partial charge in [-0.15, -0.1) is 0 Å². The molecule has 1 amide bonds. The Labute approximate surface area is 175 Å². The van der Waals surface area contributed by atoms with Crippen LogP contribution in [0.15, 0.2) is 54.6 Å². The van der Waals surface area contributed by atoms with Crippen LogP contribution in [0.25, 0.3) is 0 Å². The molecule has 0 saturated carbocycles. The van der Waals surface area contributed by atoms with Crippen molar-refractivity contribution < 1.29 is 9.53 Å². The van der Waals surface area contributed by atoms with Gasteiger partial charge in [0.25, 0.3) is 0 Å². The van der Waals surface area contributed by atoms with Crippen LogP contribution in [0.2, 0.25) is 0 Å². The summed E-state index contributed by atoms with van der Waals surface area (Å²) in [6, 6.07) is 18.3. The lowest BCUT2D eigenvalue weighted by Crippen LogP contribution is -2.42. The number of ether oxygens (including phenoxy) is 1. The fraction of sp³-hybridized carbons (Fsp3) is 0.480. The second-order valence-electron chi connectivity index (χ2n) is 8.03. The molecule has 0 radical (unpaired) electrons. The molecule has 1 aliphatic rings. The number of carbonyl (C=O) groups excluding carboxylic acids is 1. The second-order valence-corrected chi connectivity index (χ2v) is 8.03. The summed E-state index contributed by atoms with van der Waals surface area (Å²) in [6.45, 7) is 9.27. The number of piperidine rings is 1. The quantitative estimate of drug-likeness (QED) is 0.548. The Hall–Kier alpha value is -2.33. The first-order chi connectivity index (χ1) is 14.2. The van der Waals surface area contributed by atoms with Crippen LogP contribution in [0.1, 0.15) is 51.0 Å². The van der Waals surface area contributed by atoms with E-state index in [1.807, 2.05) is 41.3 Å². The molecule has 0 spiro atoms. The number of likely N-dealkylation sites (tertiary alicyclic amines) is 1. The first kappa shape index (κ1) is 21.4. The zero-order valence-corrected chi connectivity index (χ0v) is 17.8. The van der Waals surface area contributed by atoms with Crippen LogP contribution in [0, 0.1) is 0 Å². The smallest absolute Gasteiger partial charge is 0.222 e. The van der Waals surface area contributed by atoms with E-state index in [2.05, 4.69) is 36.9 Å². The zero-order valence-electron chi connectivity index (χ0n) is 17.8. The van der Waals surface area contributed by atoms with E-state index in [0.717, 1.165) is 69.9 Å². The highest BCUT2D eigenvalue weighted by Gasteiger charge is 2.19. The number of para-hydroxylation sites is 1. The summed E-state index contributed by atoms with van der Waals surface area (Å²) in [5, 5.41) is 0. The third kappa shape index (κ3) is 6.60. The van der Waals surface area contributed by atoms with Gasteiger partial charge in [0, 0.05) is 32.6 Å². The Kier molecular flexibility index (Phi) is 8.12. The molecule has 1 fully saturated rings. The van der Waals surface area contributed by atoms with E-state index < -0.39 is 0 Å². The second kappa shape index (κ2) is 11.0. The Balaban J connectivity index is 1.58. The molecule has 4 heteroatoms. The number of rotatable bonds is 10. The predicted octanol–water partition coefficient (Wildman–Crippen LogP) is 5.31. The maximum atomic E-state index is 12.1. The average molecular weight is 395 g/mol. The van der Waals surface area contributed by atoms with E-state index in [4.69, 9.17) is 4.74 Å². The summed E-state index contributed by atoms with van der Waals surface area (Å²) in [4.78, 5) is 16.6. The highest BCUT2D eigenvalue weighted by Crippen LogP contribution is 2.26. The molecule has 156 valence electrons. The molecular formula is C25H34N2O2. The minimum absolute atomic E-state index is 0.325. The SMILES string of the molecule is CCCN(CCN1CCCCC1=O)CC(C)c1cccc(Oc2ccccc2)c1. The summed E-state index contributed by atoms with van der Waals surface area (Å²) < 4.78 is 6.00. The standard InChI is InChI=1S/C25H34N2O2/c1-3-15-26(17-18-27-16-8-7-14-25(27)28)20-21(2)22-10-9-13-24(19-22)29-23-11-5-4-6-12-23/h4-6,9-13,19,21H,3,7-8,14-18,20H2,1-2H3. The molecule has 3 rings (SSSR count). The molecule has 0 aliphatic carbocycles. The van der Waals surface area contributed by atoms with Crippen molar-refractivity contribution in [1.82, 2.24) is 9.80 Å². The van der Waals surface area contributed by atoms with E-state index in [-0.39, 0.29) is 0 Å². The van der Waals surface area contributed by atoms with Crippen molar-refractivity contribution in [3.8, 4) is 11.5 Å². The van der Waals surface area contributed by atoms with E-state index in [0.29, 0.717) is 11.8 Å². The molecule has 0 aromatic heterocycles. The molecular weight excluding hydrogens is 360 g/mol. The van der Waals surface area contributed by atoms with E-state index in [1.165, 1.54) is 5.56 Å². The molecule has 29 heavy (non-hydrogen) atoms. The number of hydrogen-bond donors (Lipinski definition) is 0. The first-order valence-electron chi connectivity index (χ1n) is 11.0. The van der Waals surface area contributed by atoms with Crippen molar-refractivity contribution >= 4 is 5.91 Å². The fourth-order valence-corrected chi connectivity index (χ4v) is 3.97. The summed E-state index contributed by atoms with van der Waals surface area (Å²) in [6.07, 6.45) is 4.03. The van der Waals surface area contributed by atoms with Crippen molar-refractivity contribution in [1.29, 1.82) is 0 Å². The van der Waals surface area contributed by atoms with Crippen LogP contribution >= 0.6 is 0 Å². The maximum absolute atomic E-state index is 12.1. The number of benzene rings is 2. The fourth-order valence-electron chi connectivity index (χ4n) is 3.97. The van der Waals surface area contributed by atoms with Gasteiger partial charge in [-0.1, -0.05) is 44.2 Å². The van der Waals surface area contributed by atoms with Gasteiger partial charge < -0.3 is 14.5 Å². The predicted molar refractivity (Wildman–Crippen MR) is 119 cm³/mol. The van der Waals surface area contributed by atoms with Crippen LogP contribution < -0.4 is 4.74 Å². The van der Waals surface area contributed by atoms with Gasteiger partial charge in [-0.25, -0.2) is 0 Å². The lowest BCUT2D eigenvalue weighted by Gasteiger charge is -2.31. The van der Waals surface area contributed by atoms with Gasteiger partial charge in [0.15, 0.2) is 0 Å². The largest absolute Gasteiger partial charge is 0.457 e. The van der Waals surface area contributed by atoms with E-state index in [1.54, 1.807) is 0 Å². The number of carbonyl (C=O) groups is 1. The molecule has 4 nitrogen and oxygen atoms in total. The first-order valence-corrected chi connectivity index (χ1v) is 11.0. The van der Waals surface area contributed by atoms with Gasteiger partial charge in [0.1, 0.15) is 11.5 Å². The minimum atomic E-state index is 0.325. The summed E-state index contributed by atoms with van der Waals surface area (Å²) in [5.74, 6) is 2.46. The molecule has 0 bridgehead atoms. The van der Waals surface area contributed by atoms with Gasteiger partial charge >= 0.3 is 0 Å². The Bertz CT molecular complexity index is 762. The molecule has 1 aliphatic heterocycles. The lowest BCUT2D eigenvalue weighted by molar-refractivity contribution is -0.133. The zero-order chi connectivity index (χ0) is 20.5. The van der Waals surface area contributed by atoms with Crippen LogP contribution in [-0.2, 0) is 4.79 Å². The normalized spacial score (nSPS) is 15.6. The number of nitrogens with zero attached hydrogens (tertiary/aromatic N) is 2. The molecule has 2 aromatic rings. The molecule has 1 saturated heterocycles. The average Bonchev–Trinajstić information content (AvgIpc) is 2.74. The summed E-state index contributed by atoms with van der Waals surface area (Å²) in [7, 11) is 0. The van der Waals surface area contributed by atoms with E-state index >= 15 is 0 Å². The molecule has 1 heterocycles.